The molecule has 4 aliphatic carbocycles. The molecule has 4 fully saturated rings. The number of hydrogen-bond donors (Lipinski definition) is 2. The summed E-state index contributed by atoms with van der Waals surface area (Å²) in [7, 11) is 0. The topological polar surface area (TPSA) is 40.5 Å². The third-order valence-corrected chi connectivity index (χ3v) is 9.29. The molecule has 0 aromatic carbocycles. The van der Waals surface area contributed by atoms with Gasteiger partial charge in [0.05, 0.1) is 12.2 Å². The number of fused-ring (bicyclic) bond motifs is 5. The van der Waals surface area contributed by atoms with E-state index in [1.807, 2.05) is 6.92 Å². The first-order chi connectivity index (χ1) is 10.9. The highest BCUT2D eigenvalue weighted by Crippen LogP contribution is 2.67. The summed E-state index contributed by atoms with van der Waals surface area (Å²) >= 11 is 0. The molecule has 4 saturated carbocycles. The third-order valence-electron chi connectivity index (χ3n) is 9.29. The summed E-state index contributed by atoms with van der Waals surface area (Å²) in [4.78, 5) is 0. The van der Waals surface area contributed by atoms with Gasteiger partial charge in [0.1, 0.15) is 0 Å². The fourth-order valence-electron chi connectivity index (χ4n) is 8.07. The van der Waals surface area contributed by atoms with Crippen LogP contribution in [0, 0.1) is 40.4 Å². The summed E-state index contributed by atoms with van der Waals surface area (Å²) in [6.45, 7) is 7.08. The average molecular weight is 321 g/mol. The molecule has 2 N–H and O–H groups in total. The second-order valence-corrected chi connectivity index (χ2v) is 10.1. The second-order valence-electron chi connectivity index (χ2n) is 10.1. The molecular weight excluding hydrogens is 284 g/mol. The smallest absolute Gasteiger partial charge is 0.0545 e. The van der Waals surface area contributed by atoms with E-state index >= 15 is 0 Å². The van der Waals surface area contributed by atoms with Crippen molar-refractivity contribution in [3.05, 3.63) is 0 Å². The van der Waals surface area contributed by atoms with Gasteiger partial charge in [-0.15, -0.1) is 0 Å². The minimum absolute atomic E-state index is 0.0374. The summed E-state index contributed by atoms with van der Waals surface area (Å²) in [5, 5.41) is 20.4. The van der Waals surface area contributed by atoms with Gasteiger partial charge in [0.2, 0.25) is 0 Å². The maximum atomic E-state index is 10.3. The first-order valence-electron chi connectivity index (χ1n) is 10.2. The molecule has 4 aliphatic rings. The minimum atomic E-state index is -0.140. The highest BCUT2D eigenvalue weighted by Gasteiger charge is 2.60. The van der Waals surface area contributed by atoms with E-state index in [9.17, 15) is 10.2 Å². The minimum Gasteiger partial charge on any atom is -0.393 e. The van der Waals surface area contributed by atoms with Crippen molar-refractivity contribution in [3.8, 4) is 0 Å². The van der Waals surface area contributed by atoms with E-state index in [-0.39, 0.29) is 12.2 Å². The van der Waals surface area contributed by atoms with Crippen LogP contribution in [0.5, 0.6) is 0 Å². The fraction of sp³-hybridized carbons (Fsp3) is 1.00. The van der Waals surface area contributed by atoms with Crippen LogP contribution in [-0.2, 0) is 0 Å². The molecule has 0 saturated heterocycles. The molecule has 9 atom stereocenters. The van der Waals surface area contributed by atoms with Gasteiger partial charge in [-0.25, -0.2) is 0 Å². The first-order valence-corrected chi connectivity index (χ1v) is 10.2. The van der Waals surface area contributed by atoms with Gasteiger partial charge in [-0.1, -0.05) is 13.8 Å². The van der Waals surface area contributed by atoms with Gasteiger partial charge in [-0.05, 0) is 105 Å². The lowest BCUT2D eigenvalue weighted by atomic mass is 9.44. The molecule has 132 valence electrons. The lowest BCUT2D eigenvalue weighted by Gasteiger charge is -2.61. The molecule has 0 amide bonds. The van der Waals surface area contributed by atoms with Gasteiger partial charge in [0, 0.05) is 0 Å². The summed E-state index contributed by atoms with van der Waals surface area (Å²) in [5.41, 5.74) is 0.860. The Labute approximate surface area is 142 Å². The van der Waals surface area contributed by atoms with E-state index < -0.39 is 0 Å². The lowest BCUT2D eigenvalue weighted by Crippen LogP contribution is -2.54. The standard InChI is InChI=1S/C21H36O2/c1-13(22)17-6-7-18-16-5-4-14-12-15(23)8-10-20(14,2)19(16)9-11-21(17,18)3/h13-19,22-23H,4-12H2,1-3H3/t13-,14+,15+,16?,17?,18?,19?,20+,21-/m1/s1. The van der Waals surface area contributed by atoms with Crippen molar-refractivity contribution < 1.29 is 10.2 Å². The molecular formula is C21H36O2. The van der Waals surface area contributed by atoms with Gasteiger partial charge in [0.25, 0.3) is 0 Å². The SMILES string of the molecule is C[C@@H](O)C1CCC2C3CC[C@H]4C[C@@H](O)CC[C@]4(C)C3CC[C@@]21C. The normalized spacial score (nSPS) is 57.3. The van der Waals surface area contributed by atoms with E-state index in [0.29, 0.717) is 16.7 Å². The quantitative estimate of drug-likeness (QED) is 0.752. The Morgan fingerprint density at radius 2 is 1.57 bits per heavy atom. The van der Waals surface area contributed by atoms with E-state index in [4.69, 9.17) is 0 Å². The number of aliphatic hydroxyl groups is 2. The largest absolute Gasteiger partial charge is 0.393 e. The van der Waals surface area contributed by atoms with Crippen LogP contribution in [0.3, 0.4) is 0 Å². The Bertz CT molecular complexity index is 461. The van der Waals surface area contributed by atoms with Gasteiger partial charge in [0.15, 0.2) is 0 Å². The van der Waals surface area contributed by atoms with E-state index in [0.717, 1.165) is 36.5 Å². The van der Waals surface area contributed by atoms with Crippen LogP contribution in [0.4, 0.5) is 0 Å². The lowest BCUT2D eigenvalue weighted by molar-refractivity contribution is -0.132. The maximum absolute atomic E-state index is 10.3. The van der Waals surface area contributed by atoms with E-state index in [2.05, 4.69) is 13.8 Å². The molecule has 0 aliphatic heterocycles. The van der Waals surface area contributed by atoms with Gasteiger partial charge < -0.3 is 10.2 Å². The molecule has 2 nitrogen and oxygen atoms in total. The monoisotopic (exact) mass is 320 g/mol. The summed E-state index contributed by atoms with van der Waals surface area (Å²) in [5.74, 6) is 3.87. The van der Waals surface area contributed by atoms with Gasteiger partial charge in [-0.2, -0.15) is 0 Å². The van der Waals surface area contributed by atoms with Gasteiger partial charge >= 0.3 is 0 Å². The van der Waals surface area contributed by atoms with Crippen molar-refractivity contribution in [2.45, 2.75) is 90.8 Å². The zero-order chi connectivity index (χ0) is 16.4. The fourth-order valence-corrected chi connectivity index (χ4v) is 8.07. The van der Waals surface area contributed by atoms with Crippen molar-refractivity contribution >= 4 is 0 Å². The Balaban J connectivity index is 1.60. The molecule has 0 spiro atoms. The van der Waals surface area contributed by atoms with Crippen molar-refractivity contribution in [1.82, 2.24) is 0 Å². The zero-order valence-electron chi connectivity index (χ0n) is 15.3. The summed E-state index contributed by atoms with van der Waals surface area (Å²) in [6.07, 6.45) is 11.1. The van der Waals surface area contributed by atoms with Crippen LogP contribution in [0.25, 0.3) is 0 Å². The van der Waals surface area contributed by atoms with Crippen LogP contribution in [0.2, 0.25) is 0 Å². The first kappa shape index (κ1) is 16.4. The van der Waals surface area contributed by atoms with Crippen LogP contribution >= 0.6 is 0 Å². The predicted octanol–water partition coefficient (Wildman–Crippen LogP) is 4.39. The Morgan fingerprint density at radius 3 is 2.30 bits per heavy atom. The van der Waals surface area contributed by atoms with Crippen molar-refractivity contribution in [2.75, 3.05) is 0 Å². The molecule has 23 heavy (non-hydrogen) atoms. The molecule has 0 radical (unpaired) electrons. The maximum Gasteiger partial charge on any atom is 0.0545 e. The molecule has 0 aromatic rings. The van der Waals surface area contributed by atoms with Crippen molar-refractivity contribution in [1.29, 1.82) is 0 Å². The number of hydrogen-bond acceptors (Lipinski definition) is 2. The number of rotatable bonds is 1. The van der Waals surface area contributed by atoms with Crippen LogP contribution in [0.1, 0.15) is 78.6 Å². The summed E-state index contributed by atoms with van der Waals surface area (Å²) < 4.78 is 0. The molecule has 0 heterocycles. The zero-order valence-corrected chi connectivity index (χ0v) is 15.3. The highest BCUT2D eigenvalue weighted by atomic mass is 16.3. The Hall–Kier alpha value is -0.0800. The molecule has 0 aromatic heterocycles. The number of aliphatic hydroxyl groups excluding tert-OH is 2. The molecule has 4 unspecified atom stereocenters. The highest BCUT2D eigenvalue weighted by molar-refractivity contribution is 5.09. The Kier molecular flexibility index (Phi) is 3.89. The third kappa shape index (κ3) is 2.27. The average Bonchev–Trinajstić information content (AvgIpc) is 2.85. The van der Waals surface area contributed by atoms with Crippen LogP contribution in [0.15, 0.2) is 0 Å². The predicted molar refractivity (Wildman–Crippen MR) is 92.9 cm³/mol. The van der Waals surface area contributed by atoms with E-state index in [1.165, 1.54) is 44.9 Å². The molecule has 2 heteroatoms. The molecule has 0 bridgehead atoms. The summed E-state index contributed by atoms with van der Waals surface area (Å²) in [6, 6.07) is 0. The van der Waals surface area contributed by atoms with Gasteiger partial charge in [-0.3, -0.25) is 0 Å². The van der Waals surface area contributed by atoms with E-state index in [1.54, 1.807) is 0 Å². The Morgan fingerprint density at radius 1 is 0.870 bits per heavy atom. The van der Waals surface area contributed by atoms with Crippen LogP contribution in [-0.4, -0.2) is 22.4 Å². The second kappa shape index (κ2) is 5.46. The molecule has 4 rings (SSSR count). The van der Waals surface area contributed by atoms with Crippen molar-refractivity contribution in [3.63, 3.8) is 0 Å². The van der Waals surface area contributed by atoms with Crippen molar-refractivity contribution in [2.24, 2.45) is 40.4 Å². The van der Waals surface area contributed by atoms with Crippen LogP contribution < -0.4 is 0 Å².